The quantitative estimate of drug-likeness (QED) is 0.799. The van der Waals surface area contributed by atoms with Crippen LogP contribution in [0.2, 0.25) is 0 Å². The molecule has 0 saturated carbocycles. The van der Waals surface area contributed by atoms with Gasteiger partial charge in [0.2, 0.25) is 5.91 Å². The van der Waals surface area contributed by atoms with Crippen LogP contribution in [-0.4, -0.2) is 19.5 Å². The molecule has 4 heteroatoms. The predicted molar refractivity (Wildman–Crippen MR) is 68.8 cm³/mol. The average Bonchev–Trinajstić information content (AvgIpc) is 2.77. The number of rotatable bonds is 6. The number of nitrogens with one attached hydrogen (secondary N) is 2. The molecule has 0 radical (unpaired) electrons. The largest absolute Gasteiger partial charge is 0.359 e. The number of amides is 1. The summed E-state index contributed by atoms with van der Waals surface area (Å²) in [6.45, 7) is 5.02. The van der Waals surface area contributed by atoms with E-state index < -0.39 is 0 Å². The molecule has 1 rings (SSSR count). The summed E-state index contributed by atoms with van der Waals surface area (Å²) in [5.41, 5.74) is 0. The first kappa shape index (κ1) is 13.2. The second-order valence-corrected chi connectivity index (χ2v) is 4.96. The lowest BCUT2D eigenvalue weighted by molar-refractivity contribution is -0.120. The third kappa shape index (κ3) is 3.94. The van der Waals surface area contributed by atoms with Gasteiger partial charge in [-0.1, -0.05) is 6.92 Å². The van der Waals surface area contributed by atoms with E-state index in [9.17, 15) is 4.79 Å². The third-order valence-corrected chi connectivity index (χ3v) is 3.95. The molecule has 0 bridgehead atoms. The molecular weight excluding hydrogens is 220 g/mol. The molecule has 0 aromatic carbocycles. The minimum Gasteiger partial charge on any atom is -0.359 e. The van der Waals surface area contributed by atoms with Gasteiger partial charge in [0, 0.05) is 35.8 Å². The molecule has 0 saturated heterocycles. The Bertz CT molecular complexity index is 336. The highest BCUT2D eigenvalue weighted by atomic mass is 32.1. The van der Waals surface area contributed by atoms with Crippen LogP contribution in [0.5, 0.6) is 0 Å². The van der Waals surface area contributed by atoms with Crippen LogP contribution in [0.25, 0.3) is 0 Å². The molecule has 1 atom stereocenters. The number of hydrogen-bond acceptors (Lipinski definition) is 3. The summed E-state index contributed by atoms with van der Waals surface area (Å²) in [6, 6.07) is 4.67. The van der Waals surface area contributed by atoms with Crippen molar-refractivity contribution in [2.24, 2.45) is 0 Å². The molecule has 1 heterocycles. The minimum absolute atomic E-state index is 0.0835. The Morgan fingerprint density at radius 3 is 2.81 bits per heavy atom. The van der Waals surface area contributed by atoms with Gasteiger partial charge in [-0.2, -0.15) is 0 Å². The maximum absolute atomic E-state index is 11.0. The highest BCUT2D eigenvalue weighted by Crippen LogP contribution is 2.23. The zero-order valence-electron chi connectivity index (χ0n) is 10.2. The standard InChI is InChI=1S/C12H20N2OS/c1-4-10-5-6-11(16-10)9(2)14-8-7-12(15)13-3/h5-6,9,14H,4,7-8H2,1-3H3,(H,13,15). The summed E-state index contributed by atoms with van der Waals surface area (Å²) in [7, 11) is 1.67. The fraction of sp³-hybridized carbons (Fsp3) is 0.583. The van der Waals surface area contributed by atoms with Crippen molar-refractivity contribution in [3.05, 3.63) is 21.9 Å². The topological polar surface area (TPSA) is 41.1 Å². The van der Waals surface area contributed by atoms with Crippen molar-refractivity contribution in [3.63, 3.8) is 0 Å². The summed E-state index contributed by atoms with van der Waals surface area (Å²) in [5, 5.41) is 5.97. The monoisotopic (exact) mass is 240 g/mol. The number of carbonyl (C=O) groups excluding carboxylic acids is 1. The van der Waals surface area contributed by atoms with E-state index in [0.717, 1.165) is 13.0 Å². The van der Waals surface area contributed by atoms with Gasteiger partial charge in [0.1, 0.15) is 0 Å². The van der Waals surface area contributed by atoms with E-state index in [0.29, 0.717) is 12.5 Å². The molecule has 2 N–H and O–H groups in total. The van der Waals surface area contributed by atoms with Gasteiger partial charge in [-0.3, -0.25) is 4.79 Å². The Balaban J connectivity index is 2.34. The summed E-state index contributed by atoms with van der Waals surface area (Å²) < 4.78 is 0. The van der Waals surface area contributed by atoms with Crippen LogP contribution in [0.4, 0.5) is 0 Å². The van der Waals surface area contributed by atoms with Crippen molar-refractivity contribution in [1.29, 1.82) is 0 Å². The average molecular weight is 240 g/mol. The molecule has 16 heavy (non-hydrogen) atoms. The first-order valence-corrected chi connectivity index (χ1v) is 6.51. The number of carbonyl (C=O) groups is 1. The molecule has 3 nitrogen and oxygen atoms in total. The summed E-state index contributed by atoms with van der Waals surface area (Å²) >= 11 is 1.84. The predicted octanol–water partition coefficient (Wildman–Crippen LogP) is 2.10. The van der Waals surface area contributed by atoms with E-state index >= 15 is 0 Å². The minimum atomic E-state index is 0.0835. The maximum atomic E-state index is 11.0. The van der Waals surface area contributed by atoms with E-state index in [4.69, 9.17) is 0 Å². The van der Waals surface area contributed by atoms with E-state index in [1.807, 2.05) is 11.3 Å². The smallest absolute Gasteiger partial charge is 0.221 e. The Morgan fingerprint density at radius 2 is 2.25 bits per heavy atom. The summed E-state index contributed by atoms with van der Waals surface area (Å²) in [6.07, 6.45) is 1.63. The maximum Gasteiger partial charge on any atom is 0.221 e. The van der Waals surface area contributed by atoms with Gasteiger partial charge >= 0.3 is 0 Å². The van der Waals surface area contributed by atoms with Crippen molar-refractivity contribution < 1.29 is 4.79 Å². The van der Waals surface area contributed by atoms with E-state index in [2.05, 4.69) is 36.6 Å². The van der Waals surface area contributed by atoms with Crippen LogP contribution < -0.4 is 10.6 Å². The number of thiophene rings is 1. The molecule has 1 aromatic rings. The third-order valence-electron chi connectivity index (χ3n) is 2.54. The molecule has 0 fully saturated rings. The fourth-order valence-electron chi connectivity index (χ4n) is 1.45. The first-order chi connectivity index (χ1) is 7.67. The van der Waals surface area contributed by atoms with Crippen molar-refractivity contribution in [2.75, 3.05) is 13.6 Å². The fourth-order valence-corrected chi connectivity index (χ4v) is 2.42. The van der Waals surface area contributed by atoms with E-state index in [1.54, 1.807) is 7.05 Å². The van der Waals surface area contributed by atoms with Gasteiger partial charge in [0.15, 0.2) is 0 Å². The summed E-state index contributed by atoms with van der Waals surface area (Å²) in [4.78, 5) is 13.8. The highest BCUT2D eigenvalue weighted by molar-refractivity contribution is 7.12. The SMILES string of the molecule is CCc1ccc(C(C)NCCC(=O)NC)s1. The Morgan fingerprint density at radius 1 is 1.50 bits per heavy atom. The van der Waals surface area contributed by atoms with Gasteiger partial charge in [0.25, 0.3) is 0 Å². The van der Waals surface area contributed by atoms with Crippen LogP contribution in [0.15, 0.2) is 12.1 Å². The lowest BCUT2D eigenvalue weighted by atomic mass is 10.2. The molecular formula is C12H20N2OS. The molecule has 0 aliphatic heterocycles. The Labute approximate surface area is 101 Å². The van der Waals surface area contributed by atoms with Gasteiger partial charge in [-0.25, -0.2) is 0 Å². The lowest BCUT2D eigenvalue weighted by Gasteiger charge is -2.11. The lowest BCUT2D eigenvalue weighted by Crippen LogP contribution is -2.26. The zero-order chi connectivity index (χ0) is 12.0. The van der Waals surface area contributed by atoms with Crippen molar-refractivity contribution in [3.8, 4) is 0 Å². The molecule has 1 unspecified atom stereocenters. The van der Waals surface area contributed by atoms with Gasteiger partial charge in [0.05, 0.1) is 0 Å². The van der Waals surface area contributed by atoms with Crippen molar-refractivity contribution >= 4 is 17.2 Å². The Hall–Kier alpha value is -0.870. The highest BCUT2D eigenvalue weighted by Gasteiger charge is 2.08. The molecule has 90 valence electrons. The van der Waals surface area contributed by atoms with E-state index in [-0.39, 0.29) is 5.91 Å². The van der Waals surface area contributed by atoms with Gasteiger partial charge < -0.3 is 10.6 Å². The van der Waals surface area contributed by atoms with Crippen molar-refractivity contribution in [2.45, 2.75) is 32.7 Å². The molecule has 0 aliphatic carbocycles. The normalized spacial score (nSPS) is 12.4. The Kier molecular flexibility index (Phi) is 5.49. The second kappa shape index (κ2) is 6.66. The first-order valence-electron chi connectivity index (χ1n) is 5.70. The second-order valence-electron chi connectivity index (χ2n) is 3.76. The van der Waals surface area contributed by atoms with Crippen LogP contribution in [-0.2, 0) is 11.2 Å². The van der Waals surface area contributed by atoms with Crippen LogP contribution in [0, 0.1) is 0 Å². The molecule has 1 aromatic heterocycles. The zero-order valence-corrected chi connectivity index (χ0v) is 11.0. The molecule has 1 amide bonds. The number of aryl methyl sites for hydroxylation is 1. The molecule has 0 aliphatic rings. The van der Waals surface area contributed by atoms with E-state index in [1.165, 1.54) is 9.75 Å². The van der Waals surface area contributed by atoms with Crippen molar-refractivity contribution in [1.82, 2.24) is 10.6 Å². The van der Waals surface area contributed by atoms with Crippen LogP contribution in [0.1, 0.15) is 36.1 Å². The van der Waals surface area contributed by atoms with Crippen LogP contribution in [0.3, 0.4) is 0 Å². The van der Waals surface area contributed by atoms with Gasteiger partial charge in [-0.15, -0.1) is 11.3 Å². The molecule has 0 spiro atoms. The van der Waals surface area contributed by atoms with Gasteiger partial charge in [-0.05, 0) is 25.5 Å². The summed E-state index contributed by atoms with van der Waals surface area (Å²) in [5.74, 6) is 0.0835. The van der Waals surface area contributed by atoms with Crippen LogP contribution >= 0.6 is 11.3 Å². The number of hydrogen-bond donors (Lipinski definition) is 2.